The van der Waals surface area contributed by atoms with E-state index in [9.17, 15) is 38.4 Å². The van der Waals surface area contributed by atoms with Gasteiger partial charge >= 0.3 is 11.9 Å². The van der Waals surface area contributed by atoms with Crippen LogP contribution in [-0.4, -0.2) is 103 Å². The lowest BCUT2D eigenvalue weighted by atomic mass is 9.90. The molecular weight excluding hydrogens is 912 g/mol. The molecule has 1 saturated heterocycles. The van der Waals surface area contributed by atoms with Gasteiger partial charge in [-0.3, -0.25) is 33.6 Å². The van der Waals surface area contributed by atoms with Crippen LogP contribution >= 0.6 is 11.6 Å². The monoisotopic (exact) mass is 980 g/mol. The van der Waals surface area contributed by atoms with E-state index in [2.05, 4.69) is 31.9 Å². The SMILES string of the molecule is COc1ccc(C[C@H]2NC(=O)/C=C/C[C@@H]([C@H](C)[C@H]3O[C@@H]3c3ccc(CNC(=O)[C@H](C)NC(=O)[C@@H](NC(=O)CCCC(=O)O)C(C)C)cc3)OC(=O)[C@H](CC(C)C)NC(=O)C(C)(C)CNC2=O)cc1Cl. The van der Waals surface area contributed by atoms with Crippen molar-refractivity contribution in [3.63, 3.8) is 0 Å². The van der Waals surface area contributed by atoms with Gasteiger partial charge in [0.25, 0.3) is 0 Å². The number of carboxylic acid groups (broad SMARTS) is 1. The van der Waals surface area contributed by atoms with Crippen LogP contribution in [0.15, 0.2) is 54.6 Å². The number of hydrogen-bond acceptors (Lipinski definition) is 11. The van der Waals surface area contributed by atoms with Crippen molar-refractivity contribution in [2.45, 2.75) is 143 Å². The molecule has 0 spiro atoms. The van der Waals surface area contributed by atoms with E-state index in [0.717, 1.165) is 11.1 Å². The Kier molecular flexibility index (Phi) is 20.6. The summed E-state index contributed by atoms with van der Waals surface area (Å²) in [7, 11) is 1.49. The largest absolute Gasteiger partial charge is 0.495 e. The van der Waals surface area contributed by atoms with E-state index in [1.807, 2.05) is 45.0 Å². The normalized spacial score (nSPS) is 22.7. The number of cyclic esters (lactones) is 1. The zero-order valence-corrected chi connectivity index (χ0v) is 41.7. The molecule has 2 aromatic carbocycles. The van der Waals surface area contributed by atoms with Gasteiger partial charge in [0.2, 0.25) is 35.4 Å². The number of esters is 1. The summed E-state index contributed by atoms with van der Waals surface area (Å²) in [4.78, 5) is 104. The van der Waals surface area contributed by atoms with Crippen molar-refractivity contribution in [3.8, 4) is 5.75 Å². The quantitative estimate of drug-likeness (QED) is 0.0772. The Bertz CT molecular complexity index is 2200. The third-order valence-electron chi connectivity index (χ3n) is 12.0. The number of rotatable bonds is 19. The zero-order valence-electron chi connectivity index (χ0n) is 40.9. The van der Waals surface area contributed by atoms with Gasteiger partial charge in [-0.15, -0.1) is 0 Å². The predicted octanol–water partition coefficient (Wildman–Crippen LogP) is 4.21. The minimum absolute atomic E-state index is 0.00728. The lowest BCUT2D eigenvalue weighted by Gasteiger charge is -2.30. The van der Waals surface area contributed by atoms with Gasteiger partial charge in [-0.1, -0.05) is 82.6 Å². The van der Waals surface area contributed by atoms with Gasteiger partial charge in [0.15, 0.2) is 0 Å². The molecule has 0 unspecified atom stereocenters. The van der Waals surface area contributed by atoms with Crippen LogP contribution in [0.4, 0.5) is 0 Å². The molecule has 4 rings (SSSR count). The number of carboxylic acids is 1. The highest BCUT2D eigenvalue weighted by Gasteiger charge is 2.48. The Morgan fingerprint density at radius 3 is 2.20 bits per heavy atom. The van der Waals surface area contributed by atoms with Gasteiger partial charge in [-0.25, -0.2) is 4.79 Å². The van der Waals surface area contributed by atoms with E-state index in [1.54, 1.807) is 52.0 Å². The number of halogens is 1. The average molecular weight is 982 g/mol. The molecule has 8 atom stereocenters. The fourth-order valence-electron chi connectivity index (χ4n) is 7.68. The first-order valence-corrected chi connectivity index (χ1v) is 23.8. The summed E-state index contributed by atoms with van der Waals surface area (Å²) in [6, 6.07) is 8.61. The number of hydrogen-bond donors (Lipinski definition) is 7. The van der Waals surface area contributed by atoms with Crippen molar-refractivity contribution >= 4 is 59.0 Å². The first-order valence-electron chi connectivity index (χ1n) is 23.4. The minimum Gasteiger partial charge on any atom is -0.495 e. The van der Waals surface area contributed by atoms with E-state index in [1.165, 1.54) is 20.1 Å². The summed E-state index contributed by atoms with van der Waals surface area (Å²) in [6.07, 6.45) is 1.78. The van der Waals surface area contributed by atoms with Crippen molar-refractivity contribution < 1.29 is 57.7 Å². The highest BCUT2D eigenvalue weighted by Crippen LogP contribution is 2.45. The van der Waals surface area contributed by atoms with Gasteiger partial charge < -0.3 is 51.2 Å². The Balaban J connectivity index is 1.43. The van der Waals surface area contributed by atoms with Gasteiger partial charge in [0.05, 0.1) is 23.7 Å². The smallest absolute Gasteiger partial charge is 0.328 e. The number of carbonyl (C=O) groups is 8. The number of aliphatic carboxylic acids is 1. The number of amides is 6. The van der Waals surface area contributed by atoms with E-state index < -0.39 is 83.1 Å². The molecule has 2 aliphatic heterocycles. The second kappa shape index (κ2) is 25.6. The molecule has 1 fully saturated rings. The van der Waals surface area contributed by atoms with Crippen molar-refractivity contribution in [1.82, 2.24) is 31.9 Å². The number of ether oxygens (including phenoxy) is 3. The lowest BCUT2D eigenvalue weighted by Crippen LogP contribution is -2.54. The Labute approximate surface area is 409 Å². The maximum Gasteiger partial charge on any atom is 0.328 e. The summed E-state index contributed by atoms with van der Waals surface area (Å²) in [5.41, 5.74) is 1.12. The molecule has 378 valence electrons. The highest BCUT2D eigenvalue weighted by molar-refractivity contribution is 6.32. The summed E-state index contributed by atoms with van der Waals surface area (Å²) in [6.45, 7) is 14.1. The van der Waals surface area contributed by atoms with Crippen LogP contribution in [0.1, 0.15) is 110 Å². The van der Waals surface area contributed by atoms with Gasteiger partial charge in [-0.05, 0) is 80.3 Å². The third-order valence-corrected chi connectivity index (χ3v) is 12.3. The molecule has 6 amide bonds. The van der Waals surface area contributed by atoms with E-state index in [-0.39, 0.29) is 75.2 Å². The number of methoxy groups -OCH3 is 1. The molecule has 7 N–H and O–H groups in total. The van der Waals surface area contributed by atoms with Gasteiger partial charge in [0, 0.05) is 44.7 Å². The number of benzene rings is 2. The van der Waals surface area contributed by atoms with E-state index in [0.29, 0.717) is 22.8 Å². The molecule has 19 heteroatoms. The summed E-state index contributed by atoms with van der Waals surface area (Å²) < 4.78 is 17.6. The lowest BCUT2D eigenvalue weighted by molar-refractivity contribution is -0.157. The van der Waals surface area contributed by atoms with Crippen LogP contribution < -0.4 is 36.6 Å². The zero-order chi connectivity index (χ0) is 51.2. The molecule has 0 aliphatic carbocycles. The maximum absolute atomic E-state index is 13.9. The van der Waals surface area contributed by atoms with Crippen LogP contribution in [0.25, 0.3) is 0 Å². The van der Waals surface area contributed by atoms with Crippen LogP contribution in [0.5, 0.6) is 5.75 Å². The van der Waals surface area contributed by atoms with Crippen LogP contribution in [0.3, 0.4) is 0 Å². The second-order valence-corrected chi connectivity index (χ2v) is 19.6. The third kappa shape index (κ3) is 17.2. The van der Waals surface area contributed by atoms with Gasteiger partial charge in [0.1, 0.15) is 42.1 Å². The molecule has 2 aromatic rings. The number of carbonyl (C=O) groups excluding carboxylic acids is 7. The molecule has 18 nitrogen and oxygen atoms in total. The molecule has 2 aliphatic rings. The molecule has 2 heterocycles. The second-order valence-electron chi connectivity index (χ2n) is 19.2. The van der Waals surface area contributed by atoms with Crippen LogP contribution in [-0.2, 0) is 60.8 Å². The number of epoxide rings is 1. The standard InChI is InChI=1S/C50H69ClN6O12/c1-27(2)22-36-48(65)68-37(12-10-13-39(58)55-35(24-32-18-21-38(67-9)34(51)23-32)46(63)53-26-50(7,8)49(66)56-36)29(5)43-44(69-43)33-19-16-31(17-20-33)25-52-45(62)30(6)54-47(64)42(28(3)4)57-40(59)14-11-15-41(60)61/h10,13,16-21,23,27-30,35-37,42-44H,11-12,14-15,22,24-26H2,1-9H3,(H,52,62)(H,53,63)(H,54,64)(H,55,58)(H,56,66)(H,57,59)(H,60,61)/b13-10+/t29-,30-,35+,36-,37-,42-,43+,44+/m0/s1. The van der Waals surface area contributed by atoms with Crippen molar-refractivity contribution in [3.05, 3.63) is 76.3 Å². The Morgan fingerprint density at radius 2 is 1.58 bits per heavy atom. The fraction of sp³-hybridized carbons (Fsp3) is 0.560. The van der Waals surface area contributed by atoms with Crippen molar-refractivity contribution in [2.75, 3.05) is 13.7 Å². The van der Waals surface area contributed by atoms with E-state index >= 15 is 0 Å². The number of nitrogens with one attached hydrogen (secondary N) is 6. The minimum atomic E-state index is -1.16. The Hall–Kier alpha value is -6.01. The summed E-state index contributed by atoms with van der Waals surface area (Å²) in [5, 5.41) is 25.7. The van der Waals surface area contributed by atoms with Crippen LogP contribution in [0.2, 0.25) is 5.02 Å². The van der Waals surface area contributed by atoms with Crippen molar-refractivity contribution in [2.24, 2.45) is 23.2 Å². The summed E-state index contributed by atoms with van der Waals surface area (Å²) in [5.74, 6) is -4.84. The van der Waals surface area contributed by atoms with Gasteiger partial charge in [-0.2, -0.15) is 0 Å². The van der Waals surface area contributed by atoms with Crippen LogP contribution in [0, 0.1) is 23.2 Å². The predicted molar refractivity (Wildman–Crippen MR) is 256 cm³/mol. The average Bonchev–Trinajstić information content (AvgIpc) is 4.09. The first-order chi connectivity index (χ1) is 32.5. The maximum atomic E-state index is 13.9. The molecule has 0 saturated carbocycles. The van der Waals surface area contributed by atoms with E-state index in [4.69, 9.17) is 30.9 Å². The highest BCUT2D eigenvalue weighted by atomic mass is 35.5. The Morgan fingerprint density at radius 1 is 0.899 bits per heavy atom. The summed E-state index contributed by atoms with van der Waals surface area (Å²) >= 11 is 6.37. The molecule has 0 radical (unpaired) electrons. The molecule has 0 bridgehead atoms. The first kappa shape index (κ1) is 55.6. The van der Waals surface area contributed by atoms with Crippen molar-refractivity contribution in [1.29, 1.82) is 0 Å². The molecule has 0 aromatic heterocycles. The topological polar surface area (TPSA) is 260 Å². The fourth-order valence-corrected chi connectivity index (χ4v) is 7.96. The molecular formula is C50H69ClN6O12. The molecule has 69 heavy (non-hydrogen) atoms.